The van der Waals surface area contributed by atoms with E-state index in [4.69, 9.17) is 23.2 Å². The Bertz CT molecular complexity index is 849. The maximum atomic E-state index is 12.3. The molecule has 1 fully saturated rings. The molecule has 2 aromatic rings. The molecule has 0 atom stereocenters. The first kappa shape index (κ1) is 22.2. The Labute approximate surface area is 186 Å². The predicted octanol–water partition coefficient (Wildman–Crippen LogP) is 6.01. The molecule has 1 heterocycles. The summed E-state index contributed by atoms with van der Waals surface area (Å²) in [6.45, 7) is 4.48. The van der Waals surface area contributed by atoms with Crippen LogP contribution in [0.1, 0.15) is 44.3 Å². The van der Waals surface area contributed by atoms with Crippen LogP contribution < -0.4 is 5.32 Å². The summed E-state index contributed by atoms with van der Waals surface area (Å²) in [6.07, 6.45) is 10.6. The molecule has 1 N–H and O–H groups in total. The minimum Gasteiger partial charge on any atom is -0.324 e. The quantitative estimate of drug-likeness (QED) is 0.373. The lowest BCUT2D eigenvalue weighted by molar-refractivity contribution is -0.113. The number of nitrogens with one attached hydrogen (secondary N) is 1. The Balaban J connectivity index is 1.57. The van der Waals surface area contributed by atoms with Gasteiger partial charge in [0.2, 0.25) is 5.91 Å². The maximum Gasteiger partial charge on any atom is 0.234 e. The van der Waals surface area contributed by atoms with Gasteiger partial charge in [0, 0.05) is 18.0 Å². The summed E-state index contributed by atoms with van der Waals surface area (Å²) in [5.41, 5.74) is 0.544. The van der Waals surface area contributed by atoms with E-state index >= 15 is 0 Å². The molecule has 0 radical (unpaired) electrons. The first-order chi connectivity index (χ1) is 14.1. The summed E-state index contributed by atoms with van der Waals surface area (Å²) >= 11 is 13.4. The number of nitrogens with zero attached hydrogens (tertiary/aromatic N) is 3. The largest absolute Gasteiger partial charge is 0.324 e. The van der Waals surface area contributed by atoms with E-state index in [-0.39, 0.29) is 11.7 Å². The zero-order valence-electron chi connectivity index (χ0n) is 16.4. The van der Waals surface area contributed by atoms with Crippen molar-refractivity contribution in [1.82, 2.24) is 14.8 Å². The third kappa shape index (κ3) is 6.49. The Morgan fingerprint density at radius 3 is 2.79 bits per heavy atom. The van der Waals surface area contributed by atoms with Crippen LogP contribution in [0.5, 0.6) is 0 Å². The highest BCUT2D eigenvalue weighted by Crippen LogP contribution is 2.28. The number of hydrogen-bond donors (Lipinski definition) is 1. The third-order valence-electron chi connectivity index (χ3n) is 5.14. The molecule has 0 unspecified atom stereocenters. The highest BCUT2D eigenvalue weighted by atomic mass is 35.5. The van der Waals surface area contributed by atoms with Crippen molar-refractivity contribution in [3.63, 3.8) is 0 Å². The van der Waals surface area contributed by atoms with Gasteiger partial charge < -0.3 is 9.88 Å². The van der Waals surface area contributed by atoms with Gasteiger partial charge in [-0.15, -0.1) is 16.8 Å². The molecule has 1 aliphatic rings. The molecule has 8 heteroatoms. The second-order valence-electron chi connectivity index (χ2n) is 7.30. The standard InChI is InChI=1S/C21H26Cl2N4OS/c1-2-12-27-19(11-8-15-6-4-3-5-7-15)25-26-21(27)29-14-20(28)24-18-10-9-16(22)13-17(18)23/h2,9-10,13,15H,1,3-8,11-12,14H2,(H,24,28). The van der Waals surface area contributed by atoms with Crippen LogP contribution in [-0.2, 0) is 17.8 Å². The van der Waals surface area contributed by atoms with E-state index in [9.17, 15) is 4.79 Å². The smallest absolute Gasteiger partial charge is 0.234 e. The Hall–Kier alpha value is -1.50. The second-order valence-corrected chi connectivity index (χ2v) is 9.09. The first-order valence-corrected chi connectivity index (χ1v) is 11.7. The van der Waals surface area contributed by atoms with Crippen LogP contribution in [0.2, 0.25) is 10.0 Å². The Kier molecular flexibility index (Phi) is 8.45. The normalized spacial score (nSPS) is 14.7. The van der Waals surface area contributed by atoms with Crippen molar-refractivity contribution in [2.45, 2.75) is 56.6 Å². The highest BCUT2D eigenvalue weighted by molar-refractivity contribution is 7.99. The molecule has 0 aliphatic heterocycles. The Morgan fingerprint density at radius 2 is 2.07 bits per heavy atom. The molecule has 0 spiro atoms. The van der Waals surface area contributed by atoms with Gasteiger partial charge in [-0.1, -0.05) is 73.1 Å². The van der Waals surface area contributed by atoms with Gasteiger partial charge in [0.05, 0.1) is 16.5 Å². The zero-order valence-corrected chi connectivity index (χ0v) is 18.7. The fourth-order valence-corrected chi connectivity index (χ4v) is 4.86. The number of thioether (sulfide) groups is 1. The fraction of sp³-hybridized carbons (Fsp3) is 0.476. The van der Waals surface area contributed by atoms with Crippen molar-refractivity contribution in [3.05, 3.63) is 46.7 Å². The van der Waals surface area contributed by atoms with E-state index < -0.39 is 0 Å². The van der Waals surface area contributed by atoms with Crippen molar-refractivity contribution >= 4 is 46.6 Å². The van der Waals surface area contributed by atoms with Crippen molar-refractivity contribution in [2.75, 3.05) is 11.1 Å². The van der Waals surface area contributed by atoms with Crippen LogP contribution in [0.15, 0.2) is 36.0 Å². The number of rotatable bonds is 9. The fourth-order valence-electron chi connectivity index (χ4n) is 3.64. The molecule has 1 aliphatic carbocycles. The zero-order chi connectivity index (χ0) is 20.6. The number of aryl methyl sites for hydroxylation is 1. The topological polar surface area (TPSA) is 59.8 Å². The van der Waals surface area contributed by atoms with E-state index in [1.807, 2.05) is 6.08 Å². The molecular formula is C21H26Cl2N4OS. The van der Waals surface area contributed by atoms with Gasteiger partial charge in [-0.05, 0) is 30.5 Å². The number of benzene rings is 1. The van der Waals surface area contributed by atoms with E-state index in [1.165, 1.54) is 43.9 Å². The van der Waals surface area contributed by atoms with E-state index in [2.05, 4.69) is 26.7 Å². The minimum atomic E-state index is -0.156. The molecule has 29 heavy (non-hydrogen) atoms. The number of allylic oxidation sites excluding steroid dienone is 1. The van der Waals surface area contributed by atoms with Crippen molar-refractivity contribution < 1.29 is 4.79 Å². The van der Waals surface area contributed by atoms with Crippen LogP contribution in [0.25, 0.3) is 0 Å². The molecule has 156 valence electrons. The number of carbonyl (C=O) groups is 1. The molecule has 1 aromatic heterocycles. The number of aromatic nitrogens is 3. The summed E-state index contributed by atoms with van der Waals surface area (Å²) in [6, 6.07) is 4.98. The van der Waals surface area contributed by atoms with E-state index in [1.54, 1.807) is 18.2 Å². The summed E-state index contributed by atoms with van der Waals surface area (Å²) in [7, 11) is 0. The van der Waals surface area contributed by atoms with Crippen LogP contribution >= 0.6 is 35.0 Å². The molecule has 0 saturated heterocycles. The SMILES string of the molecule is C=CCn1c(CCC2CCCCC2)nnc1SCC(=O)Nc1ccc(Cl)cc1Cl. The second kappa shape index (κ2) is 11.0. The summed E-state index contributed by atoms with van der Waals surface area (Å²) in [5.74, 6) is 1.83. The number of halogens is 2. The van der Waals surface area contributed by atoms with E-state index in [0.717, 1.165) is 29.7 Å². The highest BCUT2D eigenvalue weighted by Gasteiger charge is 2.17. The van der Waals surface area contributed by atoms with E-state index in [0.29, 0.717) is 22.3 Å². The van der Waals surface area contributed by atoms with Gasteiger partial charge in [-0.3, -0.25) is 4.79 Å². The average Bonchev–Trinajstić information content (AvgIpc) is 3.10. The van der Waals surface area contributed by atoms with Crippen molar-refractivity contribution in [2.24, 2.45) is 5.92 Å². The van der Waals surface area contributed by atoms with Gasteiger partial charge in [0.15, 0.2) is 5.16 Å². The summed E-state index contributed by atoms with van der Waals surface area (Å²) < 4.78 is 2.06. The summed E-state index contributed by atoms with van der Waals surface area (Å²) in [4.78, 5) is 12.3. The molecule has 3 rings (SSSR count). The maximum absolute atomic E-state index is 12.3. The molecule has 1 amide bonds. The van der Waals surface area contributed by atoms with Crippen LogP contribution in [0, 0.1) is 5.92 Å². The van der Waals surface area contributed by atoms with Gasteiger partial charge in [-0.25, -0.2) is 0 Å². The van der Waals surface area contributed by atoms with Crippen LogP contribution in [-0.4, -0.2) is 26.4 Å². The number of hydrogen-bond acceptors (Lipinski definition) is 4. The van der Waals surface area contributed by atoms with Gasteiger partial charge in [0.1, 0.15) is 5.82 Å². The lowest BCUT2D eigenvalue weighted by Crippen LogP contribution is -2.15. The minimum absolute atomic E-state index is 0.156. The van der Waals surface area contributed by atoms with Gasteiger partial charge >= 0.3 is 0 Å². The summed E-state index contributed by atoms with van der Waals surface area (Å²) in [5, 5.41) is 13.2. The average molecular weight is 453 g/mol. The number of amides is 1. The molecular weight excluding hydrogens is 427 g/mol. The lowest BCUT2D eigenvalue weighted by atomic mass is 9.86. The predicted molar refractivity (Wildman–Crippen MR) is 121 cm³/mol. The lowest BCUT2D eigenvalue weighted by Gasteiger charge is -2.21. The molecule has 0 bridgehead atoms. The number of anilines is 1. The third-order valence-corrected chi connectivity index (χ3v) is 6.66. The molecule has 5 nitrogen and oxygen atoms in total. The first-order valence-electron chi connectivity index (χ1n) is 9.97. The molecule has 1 aromatic carbocycles. The molecule has 1 saturated carbocycles. The van der Waals surface area contributed by atoms with Crippen LogP contribution in [0.3, 0.4) is 0 Å². The van der Waals surface area contributed by atoms with Crippen molar-refractivity contribution in [3.8, 4) is 0 Å². The van der Waals surface area contributed by atoms with Gasteiger partial charge in [-0.2, -0.15) is 0 Å². The Morgan fingerprint density at radius 1 is 1.28 bits per heavy atom. The van der Waals surface area contributed by atoms with Gasteiger partial charge in [0.25, 0.3) is 0 Å². The monoisotopic (exact) mass is 452 g/mol. The van der Waals surface area contributed by atoms with Crippen LogP contribution in [0.4, 0.5) is 5.69 Å². The van der Waals surface area contributed by atoms with Crippen molar-refractivity contribution in [1.29, 1.82) is 0 Å². The number of carbonyl (C=O) groups excluding carboxylic acids is 1.